The second-order valence-electron chi connectivity index (χ2n) is 5.03. The van der Waals surface area contributed by atoms with E-state index in [2.05, 4.69) is 5.32 Å². The fourth-order valence-electron chi connectivity index (χ4n) is 2.95. The van der Waals surface area contributed by atoms with Crippen LogP contribution >= 0.6 is 0 Å². The number of amides is 3. The van der Waals surface area contributed by atoms with Crippen molar-refractivity contribution in [3.05, 3.63) is 0 Å². The van der Waals surface area contributed by atoms with Crippen molar-refractivity contribution in [2.75, 3.05) is 13.1 Å². The van der Waals surface area contributed by atoms with Gasteiger partial charge in [-0.2, -0.15) is 0 Å². The van der Waals surface area contributed by atoms with Crippen molar-refractivity contribution >= 4 is 17.7 Å². The number of hydrogen-bond donors (Lipinski definition) is 1. The molecular formula is C13H20N2O3. The van der Waals surface area contributed by atoms with Crippen molar-refractivity contribution in [2.24, 2.45) is 11.8 Å². The van der Waals surface area contributed by atoms with Gasteiger partial charge in [-0.25, -0.2) is 0 Å². The summed E-state index contributed by atoms with van der Waals surface area (Å²) in [7, 11) is 0. The summed E-state index contributed by atoms with van der Waals surface area (Å²) in [5.41, 5.74) is 0. The van der Waals surface area contributed by atoms with E-state index in [0.29, 0.717) is 6.54 Å². The highest BCUT2D eigenvalue weighted by Crippen LogP contribution is 2.37. The molecule has 0 aromatic carbocycles. The molecule has 0 aromatic heterocycles. The van der Waals surface area contributed by atoms with E-state index in [1.807, 2.05) is 6.92 Å². The molecule has 3 amide bonds. The van der Waals surface area contributed by atoms with Gasteiger partial charge in [0.15, 0.2) is 0 Å². The molecule has 0 aromatic rings. The Hall–Kier alpha value is -1.39. The molecule has 2 atom stereocenters. The summed E-state index contributed by atoms with van der Waals surface area (Å²) in [6.07, 6.45) is 3.93. The largest absolute Gasteiger partial charge is 0.356 e. The zero-order valence-electron chi connectivity index (χ0n) is 10.8. The average molecular weight is 252 g/mol. The standard InChI is InChI=1S/C13H20N2O3/c1-2-14-11(16)7-8-15-12(17)9-5-3-4-6-10(9)13(15)18/h9-10H,2-8H2,1H3,(H,14,16). The number of likely N-dealkylation sites (tertiary alicyclic amines) is 1. The zero-order valence-corrected chi connectivity index (χ0v) is 10.8. The molecule has 1 heterocycles. The number of imide groups is 1. The zero-order chi connectivity index (χ0) is 13.1. The van der Waals surface area contributed by atoms with Gasteiger partial charge in [-0.05, 0) is 19.8 Å². The smallest absolute Gasteiger partial charge is 0.233 e. The van der Waals surface area contributed by atoms with E-state index in [9.17, 15) is 14.4 Å². The maximum absolute atomic E-state index is 12.1. The molecule has 1 aliphatic heterocycles. The number of carbonyl (C=O) groups is 3. The molecule has 1 N–H and O–H groups in total. The van der Waals surface area contributed by atoms with Crippen molar-refractivity contribution in [3.63, 3.8) is 0 Å². The average Bonchev–Trinajstić information content (AvgIpc) is 2.61. The van der Waals surface area contributed by atoms with Crippen molar-refractivity contribution in [1.29, 1.82) is 0 Å². The summed E-state index contributed by atoms with van der Waals surface area (Å²) in [6, 6.07) is 0. The molecule has 2 rings (SSSR count). The topological polar surface area (TPSA) is 66.5 Å². The van der Waals surface area contributed by atoms with E-state index in [0.717, 1.165) is 25.7 Å². The van der Waals surface area contributed by atoms with Gasteiger partial charge in [-0.3, -0.25) is 19.3 Å². The molecule has 18 heavy (non-hydrogen) atoms. The Morgan fingerprint density at radius 3 is 2.28 bits per heavy atom. The molecule has 100 valence electrons. The second-order valence-corrected chi connectivity index (χ2v) is 5.03. The van der Waals surface area contributed by atoms with Gasteiger partial charge in [-0.15, -0.1) is 0 Å². The third-order valence-corrected chi connectivity index (χ3v) is 3.87. The Kier molecular flexibility index (Phi) is 3.99. The van der Waals surface area contributed by atoms with Crippen molar-refractivity contribution < 1.29 is 14.4 Å². The third kappa shape index (κ3) is 2.40. The lowest BCUT2D eigenvalue weighted by molar-refractivity contribution is -0.140. The second kappa shape index (κ2) is 5.50. The van der Waals surface area contributed by atoms with E-state index < -0.39 is 0 Å². The summed E-state index contributed by atoms with van der Waals surface area (Å²) in [4.78, 5) is 36.9. The summed E-state index contributed by atoms with van der Waals surface area (Å²) in [6.45, 7) is 2.65. The monoisotopic (exact) mass is 252 g/mol. The Bertz CT molecular complexity index is 343. The van der Waals surface area contributed by atoms with Gasteiger partial charge in [0.1, 0.15) is 0 Å². The molecule has 5 nitrogen and oxygen atoms in total. The van der Waals surface area contributed by atoms with Gasteiger partial charge in [-0.1, -0.05) is 12.8 Å². The van der Waals surface area contributed by atoms with Crippen LogP contribution < -0.4 is 5.32 Å². The fraction of sp³-hybridized carbons (Fsp3) is 0.769. The lowest BCUT2D eigenvalue weighted by atomic mass is 9.81. The van der Waals surface area contributed by atoms with Crippen LogP contribution in [-0.4, -0.2) is 35.7 Å². The van der Waals surface area contributed by atoms with Gasteiger partial charge in [0.25, 0.3) is 0 Å². The molecule has 2 fully saturated rings. The molecule has 1 saturated carbocycles. The van der Waals surface area contributed by atoms with E-state index in [1.54, 1.807) is 0 Å². The Morgan fingerprint density at radius 1 is 1.22 bits per heavy atom. The lowest BCUT2D eigenvalue weighted by Crippen LogP contribution is -2.35. The van der Waals surface area contributed by atoms with Gasteiger partial charge < -0.3 is 5.32 Å². The molecule has 0 spiro atoms. The number of nitrogens with one attached hydrogen (secondary N) is 1. The summed E-state index contributed by atoms with van der Waals surface area (Å²) in [5, 5.41) is 2.67. The summed E-state index contributed by atoms with van der Waals surface area (Å²) in [5.74, 6) is -0.447. The van der Waals surface area contributed by atoms with Crippen LogP contribution in [0.2, 0.25) is 0 Å². The van der Waals surface area contributed by atoms with Crippen LogP contribution in [0.5, 0.6) is 0 Å². The molecule has 5 heteroatoms. The van der Waals surface area contributed by atoms with Gasteiger partial charge >= 0.3 is 0 Å². The summed E-state index contributed by atoms with van der Waals surface area (Å²) >= 11 is 0. The van der Waals surface area contributed by atoms with Crippen molar-refractivity contribution in [3.8, 4) is 0 Å². The highest BCUT2D eigenvalue weighted by molar-refractivity contribution is 6.05. The fourth-order valence-corrected chi connectivity index (χ4v) is 2.95. The minimum atomic E-state index is -0.111. The first kappa shape index (κ1) is 13.1. The molecule has 0 bridgehead atoms. The first-order valence-corrected chi connectivity index (χ1v) is 6.77. The lowest BCUT2D eigenvalue weighted by Gasteiger charge is -2.19. The normalized spacial score (nSPS) is 27.3. The molecule has 1 aliphatic carbocycles. The highest BCUT2D eigenvalue weighted by Gasteiger charge is 2.47. The van der Waals surface area contributed by atoms with Crippen LogP contribution in [0, 0.1) is 11.8 Å². The quantitative estimate of drug-likeness (QED) is 0.748. The molecule has 1 saturated heterocycles. The molecule has 0 radical (unpaired) electrons. The van der Waals surface area contributed by atoms with E-state index in [1.165, 1.54) is 4.90 Å². The minimum Gasteiger partial charge on any atom is -0.356 e. The number of hydrogen-bond acceptors (Lipinski definition) is 3. The van der Waals surface area contributed by atoms with Gasteiger partial charge in [0.2, 0.25) is 17.7 Å². The van der Waals surface area contributed by atoms with Crippen LogP contribution in [0.1, 0.15) is 39.0 Å². The highest BCUT2D eigenvalue weighted by atomic mass is 16.2. The van der Waals surface area contributed by atoms with E-state index >= 15 is 0 Å². The minimum absolute atomic E-state index is 0.0611. The van der Waals surface area contributed by atoms with Crippen LogP contribution in [-0.2, 0) is 14.4 Å². The van der Waals surface area contributed by atoms with Gasteiger partial charge in [0, 0.05) is 19.5 Å². The van der Waals surface area contributed by atoms with Gasteiger partial charge in [0.05, 0.1) is 11.8 Å². The maximum atomic E-state index is 12.1. The van der Waals surface area contributed by atoms with Crippen LogP contribution in [0.3, 0.4) is 0 Å². The number of nitrogens with zero attached hydrogens (tertiary/aromatic N) is 1. The first-order chi connectivity index (χ1) is 8.65. The molecule has 2 unspecified atom stereocenters. The van der Waals surface area contributed by atoms with E-state index in [4.69, 9.17) is 0 Å². The Labute approximate surface area is 107 Å². The maximum Gasteiger partial charge on any atom is 0.233 e. The number of carbonyl (C=O) groups excluding carboxylic acids is 3. The van der Waals surface area contributed by atoms with Crippen molar-refractivity contribution in [1.82, 2.24) is 10.2 Å². The molecular weight excluding hydrogens is 232 g/mol. The van der Waals surface area contributed by atoms with Crippen molar-refractivity contribution in [2.45, 2.75) is 39.0 Å². The Balaban J connectivity index is 1.94. The predicted octanol–water partition coefficient (Wildman–Crippen LogP) is 0.688. The number of fused-ring (bicyclic) bond motifs is 1. The summed E-state index contributed by atoms with van der Waals surface area (Å²) < 4.78 is 0. The van der Waals surface area contributed by atoms with Crippen LogP contribution in [0.4, 0.5) is 0 Å². The van der Waals surface area contributed by atoms with E-state index in [-0.39, 0.29) is 42.5 Å². The predicted molar refractivity (Wildman–Crippen MR) is 65.5 cm³/mol. The van der Waals surface area contributed by atoms with Crippen LogP contribution in [0.15, 0.2) is 0 Å². The third-order valence-electron chi connectivity index (χ3n) is 3.87. The molecule has 2 aliphatic rings. The number of rotatable bonds is 4. The Morgan fingerprint density at radius 2 is 1.78 bits per heavy atom. The SMILES string of the molecule is CCNC(=O)CCN1C(=O)C2CCCCC2C1=O. The van der Waals surface area contributed by atoms with Crippen LogP contribution in [0.25, 0.3) is 0 Å². The first-order valence-electron chi connectivity index (χ1n) is 6.77.